The van der Waals surface area contributed by atoms with Gasteiger partial charge in [0.1, 0.15) is 0 Å². The van der Waals surface area contributed by atoms with E-state index in [1.165, 1.54) is 24.8 Å². The molecule has 102 valence electrons. The second-order valence-electron chi connectivity index (χ2n) is 4.71. The molecule has 1 fully saturated rings. The van der Waals surface area contributed by atoms with Crippen molar-refractivity contribution < 1.29 is 0 Å². The maximum atomic E-state index is 5.86. The first-order valence-corrected chi connectivity index (χ1v) is 6.91. The van der Waals surface area contributed by atoms with E-state index in [9.17, 15) is 0 Å². The molecule has 2 nitrogen and oxygen atoms in total. The molecule has 4 heteroatoms. The summed E-state index contributed by atoms with van der Waals surface area (Å²) in [6.45, 7) is 3.44. The quantitative estimate of drug-likeness (QED) is 0.814. The van der Waals surface area contributed by atoms with E-state index in [2.05, 4.69) is 22.8 Å². The summed E-state index contributed by atoms with van der Waals surface area (Å²) in [5.74, 6) is 0. The average Bonchev–Trinajstić information content (AvgIpc) is 2.38. The van der Waals surface area contributed by atoms with Gasteiger partial charge in [-0.05, 0) is 63.0 Å². The van der Waals surface area contributed by atoms with Gasteiger partial charge in [-0.15, -0.1) is 12.4 Å². The summed E-state index contributed by atoms with van der Waals surface area (Å²) >= 11 is 5.86. The minimum Gasteiger partial charge on any atom is -0.317 e. The Bertz CT molecular complexity index is 321. The van der Waals surface area contributed by atoms with Crippen molar-refractivity contribution in [1.82, 2.24) is 10.6 Å². The first kappa shape index (κ1) is 15.8. The summed E-state index contributed by atoms with van der Waals surface area (Å²) < 4.78 is 0. The Balaban J connectivity index is 0.00000162. The number of nitrogens with one attached hydrogen (secondary N) is 2. The zero-order valence-electron chi connectivity index (χ0n) is 10.6. The number of benzene rings is 1. The summed E-state index contributed by atoms with van der Waals surface area (Å²) in [6.07, 6.45) is 4.86. The number of halogens is 2. The number of hydrogen-bond donors (Lipinski definition) is 2. The van der Waals surface area contributed by atoms with Gasteiger partial charge in [0.05, 0.1) is 0 Å². The fourth-order valence-electron chi connectivity index (χ4n) is 2.28. The lowest BCUT2D eigenvalue weighted by Gasteiger charge is -2.23. The Morgan fingerprint density at radius 1 is 1.17 bits per heavy atom. The van der Waals surface area contributed by atoms with Crippen molar-refractivity contribution in [2.75, 3.05) is 19.6 Å². The maximum absolute atomic E-state index is 5.86. The van der Waals surface area contributed by atoms with Crippen molar-refractivity contribution in [1.29, 1.82) is 0 Å². The molecule has 0 bridgehead atoms. The van der Waals surface area contributed by atoms with Gasteiger partial charge in [-0.25, -0.2) is 0 Å². The highest BCUT2D eigenvalue weighted by Gasteiger charge is 2.10. The van der Waals surface area contributed by atoms with E-state index in [1.807, 2.05) is 12.1 Å². The van der Waals surface area contributed by atoms with Gasteiger partial charge in [0.2, 0.25) is 0 Å². The van der Waals surface area contributed by atoms with Crippen molar-refractivity contribution in [2.24, 2.45) is 0 Å². The maximum Gasteiger partial charge on any atom is 0.0406 e. The lowest BCUT2D eigenvalue weighted by atomic mass is 10.1. The highest BCUT2D eigenvalue weighted by Crippen LogP contribution is 2.11. The van der Waals surface area contributed by atoms with Gasteiger partial charge in [0.15, 0.2) is 0 Å². The van der Waals surface area contributed by atoms with E-state index in [-0.39, 0.29) is 12.4 Å². The van der Waals surface area contributed by atoms with Crippen LogP contribution in [0.25, 0.3) is 0 Å². The molecule has 2 rings (SSSR count). The van der Waals surface area contributed by atoms with Crippen LogP contribution < -0.4 is 10.6 Å². The molecule has 1 aromatic rings. The van der Waals surface area contributed by atoms with Crippen molar-refractivity contribution in [3.8, 4) is 0 Å². The van der Waals surface area contributed by atoms with E-state index in [0.717, 1.165) is 37.1 Å². The molecule has 1 saturated heterocycles. The third-order valence-electron chi connectivity index (χ3n) is 3.33. The van der Waals surface area contributed by atoms with Gasteiger partial charge in [0.25, 0.3) is 0 Å². The third kappa shape index (κ3) is 5.57. The Hall–Kier alpha value is -0.280. The second kappa shape index (κ2) is 8.76. The molecule has 0 spiro atoms. The van der Waals surface area contributed by atoms with E-state index in [1.54, 1.807) is 0 Å². The van der Waals surface area contributed by atoms with Gasteiger partial charge >= 0.3 is 0 Å². The molecule has 0 unspecified atom stereocenters. The van der Waals surface area contributed by atoms with Gasteiger partial charge in [-0.2, -0.15) is 0 Å². The number of rotatable bonds is 5. The largest absolute Gasteiger partial charge is 0.317 e. The molecule has 0 aromatic heterocycles. The van der Waals surface area contributed by atoms with Gasteiger partial charge in [-0.3, -0.25) is 0 Å². The lowest BCUT2D eigenvalue weighted by Crippen LogP contribution is -2.40. The third-order valence-corrected chi connectivity index (χ3v) is 3.58. The zero-order chi connectivity index (χ0) is 11.9. The summed E-state index contributed by atoms with van der Waals surface area (Å²) in [5.41, 5.74) is 1.38. The molecule has 1 aliphatic rings. The van der Waals surface area contributed by atoms with Crippen LogP contribution >= 0.6 is 24.0 Å². The van der Waals surface area contributed by atoms with Crippen LogP contribution in [0.2, 0.25) is 5.02 Å². The number of hydrogen-bond acceptors (Lipinski definition) is 2. The summed E-state index contributed by atoms with van der Waals surface area (Å²) in [5, 5.41) is 7.84. The molecule has 0 amide bonds. The van der Waals surface area contributed by atoms with E-state index >= 15 is 0 Å². The van der Waals surface area contributed by atoms with E-state index < -0.39 is 0 Å². The lowest BCUT2D eigenvalue weighted by molar-refractivity contribution is 0.386. The van der Waals surface area contributed by atoms with Crippen molar-refractivity contribution in [3.63, 3.8) is 0 Å². The van der Waals surface area contributed by atoms with Crippen molar-refractivity contribution in [3.05, 3.63) is 34.9 Å². The van der Waals surface area contributed by atoms with Crippen LogP contribution in [0.3, 0.4) is 0 Å². The predicted molar refractivity (Wildman–Crippen MR) is 80.9 cm³/mol. The van der Waals surface area contributed by atoms with Crippen LogP contribution in [0.15, 0.2) is 24.3 Å². The molecular weight excluding hydrogens is 267 g/mol. The molecule has 1 aliphatic heterocycles. The minimum absolute atomic E-state index is 0. The highest BCUT2D eigenvalue weighted by molar-refractivity contribution is 6.30. The van der Waals surface area contributed by atoms with Crippen LogP contribution in [0.4, 0.5) is 0 Å². The minimum atomic E-state index is 0. The molecular formula is C14H22Cl2N2. The number of piperidine rings is 1. The van der Waals surface area contributed by atoms with Crippen LogP contribution in [0.5, 0.6) is 0 Å². The Morgan fingerprint density at radius 2 is 1.83 bits per heavy atom. The van der Waals surface area contributed by atoms with E-state index in [4.69, 9.17) is 11.6 Å². The van der Waals surface area contributed by atoms with E-state index in [0.29, 0.717) is 0 Å². The van der Waals surface area contributed by atoms with Crippen LogP contribution in [0.1, 0.15) is 24.8 Å². The fourth-order valence-corrected chi connectivity index (χ4v) is 2.40. The summed E-state index contributed by atoms with van der Waals surface area (Å²) in [4.78, 5) is 0. The molecule has 2 N–H and O–H groups in total. The van der Waals surface area contributed by atoms with Gasteiger partial charge < -0.3 is 10.6 Å². The molecule has 1 aromatic carbocycles. The first-order valence-electron chi connectivity index (χ1n) is 6.53. The average molecular weight is 289 g/mol. The van der Waals surface area contributed by atoms with Crippen molar-refractivity contribution in [2.45, 2.75) is 31.7 Å². The smallest absolute Gasteiger partial charge is 0.0406 e. The topological polar surface area (TPSA) is 24.1 Å². The molecule has 0 aliphatic carbocycles. The Labute approximate surface area is 121 Å². The molecule has 18 heavy (non-hydrogen) atoms. The van der Waals surface area contributed by atoms with Crippen LogP contribution in [0, 0.1) is 0 Å². The van der Waals surface area contributed by atoms with Crippen LogP contribution in [-0.2, 0) is 6.42 Å². The Morgan fingerprint density at radius 3 is 2.50 bits per heavy atom. The van der Waals surface area contributed by atoms with Gasteiger partial charge in [0, 0.05) is 11.1 Å². The normalized spacial score (nSPS) is 16.3. The molecule has 0 radical (unpaired) electrons. The van der Waals surface area contributed by atoms with Gasteiger partial charge in [-0.1, -0.05) is 23.7 Å². The fraction of sp³-hybridized carbons (Fsp3) is 0.571. The Kier molecular flexibility index (Phi) is 7.68. The van der Waals surface area contributed by atoms with Crippen molar-refractivity contribution >= 4 is 24.0 Å². The standard InChI is InChI=1S/C14H21ClN2.ClH/c15-13-5-3-12(4-6-13)2-1-9-17-14-7-10-16-11-8-14;/h3-6,14,16-17H,1-2,7-11H2;1H. The second-order valence-corrected chi connectivity index (χ2v) is 5.14. The molecule has 0 atom stereocenters. The summed E-state index contributed by atoms with van der Waals surface area (Å²) in [6, 6.07) is 8.90. The monoisotopic (exact) mass is 288 g/mol. The first-order chi connectivity index (χ1) is 8.34. The molecule has 1 heterocycles. The summed E-state index contributed by atoms with van der Waals surface area (Å²) in [7, 11) is 0. The molecule has 0 saturated carbocycles. The zero-order valence-corrected chi connectivity index (χ0v) is 12.2. The highest BCUT2D eigenvalue weighted by atomic mass is 35.5. The van der Waals surface area contributed by atoms with Crippen LogP contribution in [-0.4, -0.2) is 25.7 Å². The predicted octanol–water partition coefficient (Wildman–Crippen LogP) is 3.04. The number of aryl methyl sites for hydroxylation is 1. The SMILES string of the molecule is Cl.Clc1ccc(CCCNC2CCNCC2)cc1.